The number of halogens is 1. The van der Waals surface area contributed by atoms with E-state index in [-0.39, 0.29) is 10.8 Å². The van der Waals surface area contributed by atoms with E-state index in [1.807, 2.05) is 13.0 Å². The molecule has 1 heterocycles. The quantitative estimate of drug-likeness (QED) is 0.834. The molecular formula is C13H12FN3S. The Morgan fingerprint density at radius 1 is 1.33 bits per heavy atom. The lowest BCUT2D eigenvalue weighted by atomic mass is 10.1. The number of nitrogens with two attached hydrogens (primary N) is 1. The van der Waals surface area contributed by atoms with Crippen LogP contribution in [-0.4, -0.2) is 9.97 Å². The molecule has 0 aliphatic carbocycles. The summed E-state index contributed by atoms with van der Waals surface area (Å²) in [5.41, 5.74) is 7.83. The SMILES string of the molecule is Cc1cccc(F)c1Nc1cccnc1C(N)=S. The molecular weight excluding hydrogens is 249 g/mol. The summed E-state index contributed by atoms with van der Waals surface area (Å²) in [6, 6.07) is 8.37. The van der Waals surface area contributed by atoms with Gasteiger partial charge < -0.3 is 11.1 Å². The largest absolute Gasteiger partial charge is 0.388 e. The third-order valence-corrected chi connectivity index (χ3v) is 2.72. The first kappa shape index (κ1) is 12.4. The van der Waals surface area contributed by atoms with Gasteiger partial charge in [-0.15, -0.1) is 0 Å². The maximum absolute atomic E-state index is 13.7. The summed E-state index contributed by atoms with van der Waals surface area (Å²) in [6.45, 7) is 1.82. The average Bonchev–Trinajstić information content (AvgIpc) is 2.34. The molecule has 0 saturated carbocycles. The number of benzene rings is 1. The Bertz CT molecular complexity index is 578. The summed E-state index contributed by atoms with van der Waals surface area (Å²) in [5, 5.41) is 2.99. The second-order valence-corrected chi connectivity index (χ2v) is 4.26. The van der Waals surface area contributed by atoms with Crippen molar-refractivity contribution in [2.45, 2.75) is 6.92 Å². The molecule has 0 spiro atoms. The molecule has 2 aromatic rings. The van der Waals surface area contributed by atoms with Gasteiger partial charge in [-0.05, 0) is 30.7 Å². The predicted molar refractivity (Wildman–Crippen MR) is 74.5 cm³/mol. The summed E-state index contributed by atoms with van der Waals surface area (Å²) < 4.78 is 13.7. The molecule has 0 aliphatic rings. The van der Waals surface area contributed by atoms with E-state index in [1.54, 1.807) is 24.4 Å². The zero-order chi connectivity index (χ0) is 13.1. The van der Waals surface area contributed by atoms with Crippen LogP contribution in [0.15, 0.2) is 36.5 Å². The van der Waals surface area contributed by atoms with Crippen LogP contribution in [0.4, 0.5) is 15.8 Å². The van der Waals surface area contributed by atoms with E-state index in [2.05, 4.69) is 10.3 Å². The van der Waals surface area contributed by atoms with Crippen molar-refractivity contribution in [2.24, 2.45) is 5.73 Å². The first-order valence-corrected chi connectivity index (χ1v) is 5.77. The number of pyridine rings is 1. The van der Waals surface area contributed by atoms with Crippen molar-refractivity contribution in [3.8, 4) is 0 Å². The molecule has 0 saturated heterocycles. The van der Waals surface area contributed by atoms with Crippen molar-refractivity contribution in [1.82, 2.24) is 4.98 Å². The Morgan fingerprint density at radius 3 is 2.78 bits per heavy atom. The van der Waals surface area contributed by atoms with Gasteiger partial charge in [0.25, 0.3) is 0 Å². The minimum atomic E-state index is -0.326. The lowest BCUT2D eigenvalue weighted by Gasteiger charge is -2.12. The number of anilines is 2. The van der Waals surface area contributed by atoms with E-state index in [1.165, 1.54) is 6.07 Å². The van der Waals surface area contributed by atoms with Crippen molar-refractivity contribution >= 4 is 28.6 Å². The molecule has 3 nitrogen and oxygen atoms in total. The number of hydrogen-bond donors (Lipinski definition) is 2. The molecule has 3 N–H and O–H groups in total. The number of aromatic nitrogens is 1. The number of rotatable bonds is 3. The van der Waals surface area contributed by atoms with Crippen molar-refractivity contribution in [1.29, 1.82) is 0 Å². The number of hydrogen-bond acceptors (Lipinski definition) is 3. The molecule has 0 radical (unpaired) electrons. The summed E-state index contributed by atoms with van der Waals surface area (Å²) in [5.74, 6) is -0.326. The number of nitrogens with zero attached hydrogens (tertiary/aromatic N) is 1. The topological polar surface area (TPSA) is 50.9 Å². The van der Waals surface area contributed by atoms with Crippen LogP contribution in [-0.2, 0) is 0 Å². The van der Waals surface area contributed by atoms with Gasteiger partial charge >= 0.3 is 0 Å². The third kappa shape index (κ3) is 2.46. The van der Waals surface area contributed by atoms with Crippen molar-refractivity contribution in [2.75, 3.05) is 5.32 Å². The van der Waals surface area contributed by atoms with Crippen LogP contribution in [0.25, 0.3) is 0 Å². The Kier molecular flexibility index (Phi) is 3.53. The first-order chi connectivity index (χ1) is 8.59. The fraction of sp³-hybridized carbons (Fsp3) is 0.0769. The van der Waals surface area contributed by atoms with Crippen molar-refractivity contribution in [3.05, 3.63) is 53.6 Å². The van der Waals surface area contributed by atoms with Crippen LogP contribution in [0.2, 0.25) is 0 Å². The van der Waals surface area contributed by atoms with E-state index in [4.69, 9.17) is 18.0 Å². The van der Waals surface area contributed by atoms with Crippen molar-refractivity contribution in [3.63, 3.8) is 0 Å². The summed E-state index contributed by atoms with van der Waals surface area (Å²) in [4.78, 5) is 4.26. The Balaban J connectivity index is 2.43. The number of nitrogens with one attached hydrogen (secondary N) is 1. The molecule has 0 amide bonds. The summed E-state index contributed by atoms with van der Waals surface area (Å²) in [6.07, 6.45) is 1.59. The maximum atomic E-state index is 13.7. The van der Waals surface area contributed by atoms with Crippen LogP contribution < -0.4 is 11.1 Å². The number of para-hydroxylation sites is 1. The molecule has 0 bridgehead atoms. The highest BCUT2D eigenvalue weighted by Gasteiger charge is 2.10. The standard InChI is InChI=1S/C13H12FN3S/c1-8-4-2-5-9(14)11(8)17-10-6-3-7-16-12(10)13(15)18/h2-7,17H,1H3,(H2,15,18). The molecule has 5 heteroatoms. The van der Waals surface area contributed by atoms with Gasteiger partial charge in [0.1, 0.15) is 16.5 Å². The molecule has 0 atom stereocenters. The normalized spacial score (nSPS) is 10.1. The van der Waals surface area contributed by atoms with E-state index >= 15 is 0 Å². The average molecular weight is 261 g/mol. The molecule has 2 rings (SSSR count). The lowest BCUT2D eigenvalue weighted by molar-refractivity contribution is 0.631. The molecule has 92 valence electrons. The van der Waals surface area contributed by atoms with Crippen LogP contribution >= 0.6 is 12.2 Å². The fourth-order valence-electron chi connectivity index (χ4n) is 1.63. The van der Waals surface area contributed by atoms with Gasteiger partial charge in [-0.3, -0.25) is 4.98 Å². The van der Waals surface area contributed by atoms with Gasteiger partial charge in [0.2, 0.25) is 0 Å². The number of thiocarbonyl (C=S) groups is 1. The molecule has 0 fully saturated rings. The smallest absolute Gasteiger partial charge is 0.146 e. The lowest BCUT2D eigenvalue weighted by Crippen LogP contribution is -2.14. The number of aryl methyl sites for hydroxylation is 1. The van der Waals surface area contributed by atoms with Crippen molar-refractivity contribution < 1.29 is 4.39 Å². The predicted octanol–water partition coefficient (Wildman–Crippen LogP) is 2.91. The second-order valence-electron chi connectivity index (χ2n) is 3.82. The van der Waals surface area contributed by atoms with E-state index in [0.717, 1.165) is 5.56 Å². The summed E-state index contributed by atoms with van der Waals surface area (Å²) >= 11 is 4.91. The molecule has 0 unspecified atom stereocenters. The maximum Gasteiger partial charge on any atom is 0.146 e. The minimum absolute atomic E-state index is 0.173. The van der Waals surface area contributed by atoms with Gasteiger partial charge in [0.05, 0.1) is 11.4 Å². The monoisotopic (exact) mass is 261 g/mol. The van der Waals surface area contributed by atoms with E-state index in [0.29, 0.717) is 17.1 Å². The summed E-state index contributed by atoms with van der Waals surface area (Å²) in [7, 11) is 0. The zero-order valence-corrected chi connectivity index (χ0v) is 10.6. The molecule has 1 aromatic carbocycles. The zero-order valence-electron chi connectivity index (χ0n) is 9.77. The fourth-order valence-corrected chi connectivity index (χ4v) is 1.79. The third-order valence-electron chi connectivity index (χ3n) is 2.52. The highest BCUT2D eigenvalue weighted by Crippen LogP contribution is 2.25. The minimum Gasteiger partial charge on any atom is -0.388 e. The second kappa shape index (κ2) is 5.10. The van der Waals surface area contributed by atoms with Crippen LogP contribution in [0, 0.1) is 12.7 Å². The van der Waals surface area contributed by atoms with Gasteiger partial charge in [-0.25, -0.2) is 4.39 Å². The van der Waals surface area contributed by atoms with Gasteiger partial charge in [0, 0.05) is 6.20 Å². The highest BCUT2D eigenvalue weighted by atomic mass is 32.1. The first-order valence-electron chi connectivity index (χ1n) is 5.36. The Morgan fingerprint density at radius 2 is 2.11 bits per heavy atom. The molecule has 18 heavy (non-hydrogen) atoms. The van der Waals surface area contributed by atoms with E-state index < -0.39 is 0 Å². The molecule has 1 aromatic heterocycles. The van der Waals surface area contributed by atoms with Crippen LogP contribution in [0.5, 0.6) is 0 Å². The van der Waals surface area contributed by atoms with Crippen LogP contribution in [0.3, 0.4) is 0 Å². The molecule has 0 aliphatic heterocycles. The Hall–Kier alpha value is -2.01. The van der Waals surface area contributed by atoms with Crippen LogP contribution in [0.1, 0.15) is 11.3 Å². The van der Waals surface area contributed by atoms with Gasteiger partial charge in [0.15, 0.2) is 0 Å². The highest BCUT2D eigenvalue weighted by molar-refractivity contribution is 7.80. The van der Waals surface area contributed by atoms with E-state index in [9.17, 15) is 4.39 Å². The van der Waals surface area contributed by atoms with Gasteiger partial charge in [-0.1, -0.05) is 24.4 Å². The Labute approximate surface area is 110 Å². The van der Waals surface area contributed by atoms with Gasteiger partial charge in [-0.2, -0.15) is 0 Å².